The number of aryl methyl sites for hydroxylation is 1. The molecule has 0 aliphatic carbocycles. The average Bonchev–Trinajstić information content (AvgIpc) is 2.72. The molecule has 9 heteroatoms. The van der Waals surface area contributed by atoms with Gasteiger partial charge in [-0.15, -0.1) is 0 Å². The number of hydrogen-bond acceptors (Lipinski definition) is 5. The van der Waals surface area contributed by atoms with Crippen LogP contribution in [-0.2, 0) is 14.3 Å². The summed E-state index contributed by atoms with van der Waals surface area (Å²) in [5.41, 5.74) is 0.0969. The van der Waals surface area contributed by atoms with Gasteiger partial charge in [0.05, 0.1) is 10.7 Å². The Hall–Kier alpha value is -3.26. The fraction of sp³-hybridized carbons (Fsp3) is 0.444. The predicted molar refractivity (Wildman–Crippen MR) is 141 cm³/mol. The van der Waals surface area contributed by atoms with Crippen molar-refractivity contribution in [2.75, 3.05) is 5.32 Å². The van der Waals surface area contributed by atoms with Gasteiger partial charge >= 0.3 is 6.09 Å². The van der Waals surface area contributed by atoms with Crippen LogP contribution >= 0.6 is 11.6 Å². The Balaban J connectivity index is 2.52. The second-order valence-corrected chi connectivity index (χ2v) is 11.1. The van der Waals surface area contributed by atoms with Gasteiger partial charge in [-0.1, -0.05) is 35.9 Å². The van der Waals surface area contributed by atoms with Gasteiger partial charge in [0, 0.05) is 5.54 Å². The number of aromatic hydroxyl groups is 1. The van der Waals surface area contributed by atoms with Gasteiger partial charge in [0.1, 0.15) is 23.4 Å². The predicted octanol–water partition coefficient (Wildman–Crippen LogP) is 5.57. The maximum atomic E-state index is 13.8. The number of nitrogens with one attached hydrogen (secondary N) is 2. The maximum Gasteiger partial charge on any atom is 0.408 e. The van der Waals surface area contributed by atoms with Crippen LogP contribution < -0.4 is 10.6 Å². The normalized spacial score (nSPS) is 13.4. The quantitative estimate of drug-likeness (QED) is 0.464. The number of anilines is 1. The van der Waals surface area contributed by atoms with Crippen LogP contribution in [0.3, 0.4) is 0 Å². The molecule has 0 aliphatic rings. The number of carbonyl (C=O) groups excluding carboxylic acids is 3. The smallest absolute Gasteiger partial charge is 0.408 e. The zero-order chi connectivity index (χ0) is 27.4. The van der Waals surface area contributed by atoms with E-state index < -0.39 is 41.1 Å². The summed E-state index contributed by atoms with van der Waals surface area (Å²) in [6.45, 7) is 13.9. The number of nitrogens with zero attached hydrogens (tertiary/aromatic N) is 1. The first-order chi connectivity index (χ1) is 16.5. The van der Waals surface area contributed by atoms with Crippen LogP contribution in [0.15, 0.2) is 42.5 Å². The summed E-state index contributed by atoms with van der Waals surface area (Å²) in [6.07, 6.45) is -0.741. The first-order valence-electron chi connectivity index (χ1n) is 11.7. The number of phenols is 1. The summed E-state index contributed by atoms with van der Waals surface area (Å²) < 4.78 is 5.29. The minimum Gasteiger partial charge on any atom is -0.508 e. The van der Waals surface area contributed by atoms with E-state index in [-0.39, 0.29) is 5.75 Å². The number of phenolic OH excluding ortho intramolecular Hbond substituents is 1. The van der Waals surface area contributed by atoms with Crippen LogP contribution in [0.1, 0.15) is 65.6 Å². The molecule has 0 saturated heterocycles. The molecule has 2 unspecified atom stereocenters. The van der Waals surface area contributed by atoms with Gasteiger partial charge in [0.15, 0.2) is 0 Å². The van der Waals surface area contributed by atoms with Crippen molar-refractivity contribution in [2.24, 2.45) is 0 Å². The Kier molecular flexibility index (Phi) is 9.02. The third-order valence-corrected chi connectivity index (χ3v) is 5.56. The third-order valence-electron chi connectivity index (χ3n) is 5.25. The number of carbonyl (C=O) groups is 3. The summed E-state index contributed by atoms with van der Waals surface area (Å²) in [6, 6.07) is 9.22. The molecule has 0 aliphatic heterocycles. The first-order valence-corrected chi connectivity index (χ1v) is 12.1. The zero-order valence-corrected chi connectivity index (χ0v) is 22.9. The molecule has 3 N–H and O–H groups in total. The SMILES string of the molecule is Cc1cccc(Cl)c1NC(=O)C(c1ccc(O)cc1)N(C(=O)C(C)NC(=O)OC(C)(C)C)C(C)(C)C. The molecule has 3 amide bonds. The van der Waals surface area contributed by atoms with Crippen LogP contribution in [-0.4, -0.2) is 45.1 Å². The second kappa shape index (κ2) is 11.2. The van der Waals surface area contributed by atoms with Crippen molar-refractivity contribution in [3.63, 3.8) is 0 Å². The van der Waals surface area contributed by atoms with Crippen LogP contribution in [0.2, 0.25) is 5.02 Å². The Morgan fingerprint density at radius 1 is 1.00 bits per heavy atom. The van der Waals surface area contributed by atoms with E-state index in [2.05, 4.69) is 10.6 Å². The van der Waals surface area contributed by atoms with Crippen LogP contribution in [0.25, 0.3) is 0 Å². The van der Waals surface area contributed by atoms with E-state index in [4.69, 9.17) is 16.3 Å². The summed E-state index contributed by atoms with van der Waals surface area (Å²) in [5, 5.41) is 15.6. The first kappa shape index (κ1) is 29.0. The van der Waals surface area contributed by atoms with Crippen molar-refractivity contribution in [3.05, 3.63) is 58.6 Å². The van der Waals surface area contributed by atoms with Crippen molar-refractivity contribution in [3.8, 4) is 5.75 Å². The number of benzene rings is 2. The molecule has 0 saturated carbocycles. The Labute approximate surface area is 218 Å². The number of hydrogen-bond donors (Lipinski definition) is 3. The van der Waals surface area contributed by atoms with E-state index in [1.54, 1.807) is 65.8 Å². The van der Waals surface area contributed by atoms with Crippen molar-refractivity contribution in [1.29, 1.82) is 0 Å². The zero-order valence-electron chi connectivity index (χ0n) is 22.1. The van der Waals surface area contributed by atoms with E-state index >= 15 is 0 Å². The largest absolute Gasteiger partial charge is 0.508 e. The van der Waals surface area contributed by atoms with Crippen molar-refractivity contribution >= 4 is 35.2 Å². The lowest BCUT2D eigenvalue weighted by Gasteiger charge is -2.42. The second-order valence-electron chi connectivity index (χ2n) is 10.7. The molecule has 8 nitrogen and oxygen atoms in total. The molecule has 0 aromatic heterocycles. The third kappa shape index (κ3) is 7.62. The molecule has 2 atom stereocenters. The summed E-state index contributed by atoms with van der Waals surface area (Å²) in [4.78, 5) is 41.3. The summed E-state index contributed by atoms with van der Waals surface area (Å²) >= 11 is 6.35. The number of rotatable bonds is 6. The van der Waals surface area contributed by atoms with E-state index in [1.165, 1.54) is 24.0 Å². The molecule has 0 heterocycles. The highest BCUT2D eigenvalue weighted by Gasteiger charge is 2.41. The number of para-hydroxylation sites is 1. The molecule has 2 aromatic rings. The molecule has 2 rings (SSSR count). The van der Waals surface area contributed by atoms with Gasteiger partial charge in [0.2, 0.25) is 5.91 Å². The number of alkyl carbamates (subject to hydrolysis) is 1. The van der Waals surface area contributed by atoms with E-state index in [0.717, 1.165) is 5.56 Å². The van der Waals surface area contributed by atoms with Gasteiger partial charge in [-0.05, 0) is 84.7 Å². The molecular formula is C27H36ClN3O5. The van der Waals surface area contributed by atoms with Gasteiger partial charge in [-0.2, -0.15) is 0 Å². The molecule has 0 radical (unpaired) electrons. The maximum absolute atomic E-state index is 13.8. The highest BCUT2D eigenvalue weighted by atomic mass is 35.5. The highest BCUT2D eigenvalue weighted by Crippen LogP contribution is 2.33. The number of amides is 3. The van der Waals surface area contributed by atoms with Gasteiger partial charge < -0.3 is 25.4 Å². The lowest BCUT2D eigenvalue weighted by molar-refractivity contribution is -0.146. The van der Waals surface area contributed by atoms with E-state index in [0.29, 0.717) is 16.3 Å². The molecule has 196 valence electrons. The standard InChI is InChI=1S/C27H36ClN3O5/c1-16-10-9-11-20(28)21(16)30-23(33)22(18-12-14-19(32)15-13-18)31(26(3,4)5)24(34)17(2)29-25(35)36-27(6,7)8/h9-15,17,22,32H,1-8H3,(H,29,35)(H,30,33). The van der Waals surface area contributed by atoms with Crippen molar-refractivity contribution in [2.45, 2.75) is 78.6 Å². The fourth-order valence-electron chi connectivity index (χ4n) is 3.66. The van der Waals surface area contributed by atoms with Crippen LogP contribution in [0, 0.1) is 6.92 Å². The van der Waals surface area contributed by atoms with Crippen LogP contribution in [0.5, 0.6) is 5.75 Å². The molecule has 36 heavy (non-hydrogen) atoms. The number of halogens is 1. The molecule has 0 bridgehead atoms. The lowest BCUT2D eigenvalue weighted by Crippen LogP contribution is -2.57. The fourth-order valence-corrected chi connectivity index (χ4v) is 3.92. The summed E-state index contributed by atoms with van der Waals surface area (Å²) in [7, 11) is 0. The average molecular weight is 518 g/mol. The summed E-state index contributed by atoms with van der Waals surface area (Å²) in [5.74, 6) is -0.962. The van der Waals surface area contributed by atoms with Crippen molar-refractivity contribution < 1.29 is 24.2 Å². The van der Waals surface area contributed by atoms with Crippen molar-refractivity contribution in [1.82, 2.24) is 10.2 Å². The topological polar surface area (TPSA) is 108 Å². The van der Waals surface area contributed by atoms with Gasteiger partial charge in [0.25, 0.3) is 5.91 Å². The minimum absolute atomic E-state index is 0.0217. The molecule has 2 aromatic carbocycles. The van der Waals surface area contributed by atoms with Crippen LogP contribution in [0.4, 0.5) is 10.5 Å². The molecular weight excluding hydrogens is 482 g/mol. The van der Waals surface area contributed by atoms with E-state index in [9.17, 15) is 19.5 Å². The lowest BCUT2D eigenvalue weighted by atomic mass is 9.95. The monoisotopic (exact) mass is 517 g/mol. The Morgan fingerprint density at radius 3 is 2.08 bits per heavy atom. The van der Waals surface area contributed by atoms with Gasteiger partial charge in [-0.3, -0.25) is 9.59 Å². The Bertz CT molecular complexity index is 1080. The van der Waals surface area contributed by atoms with Gasteiger partial charge in [-0.25, -0.2) is 4.79 Å². The Morgan fingerprint density at radius 2 is 1.58 bits per heavy atom. The minimum atomic E-state index is -1.10. The highest BCUT2D eigenvalue weighted by molar-refractivity contribution is 6.34. The molecule has 0 fully saturated rings. The number of ether oxygens (including phenoxy) is 1. The molecule has 0 spiro atoms. The van der Waals surface area contributed by atoms with E-state index in [1.807, 2.05) is 13.0 Å².